The number of nitrogens with zero attached hydrogens (tertiary/aromatic N) is 1. The topological polar surface area (TPSA) is 39.2 Å². The zero-order valence-corrected chi connectivity index (χ0v) is 12.7. The molecule has 19 heavy (non-hydrogen) atoms. The third kappa shape index (κ3) is 3.03. The van der Waals surface area contributed by atoms with Crippen LogP contribution in [-0.2, 0) is 4.74 Å². The lowest BCUT2D eigenvalue weighted by atomic mass is 10.1. The number of pyridine rings is 1. The number of halogens is 3. The molecule has 0 aliphatic rings. The van der Waals surface area contributed by atoms with Gasteiger partial charge >= 0.3 is 5.97 Å². The van der Waals surface area contributed by atoms with Crippen molar-refractivity contribution in [1.82, 2.24) is 4.98 Å². The monoisotopic (exact) mass is 391 g/mol. The Morgan fingerprint density at radius 1 is 1.42 bits per heavy atom. The molecule has 0 aliphatic heterocycles. The molecule has 6 heteroatoms. The standard InChI is InChI=1S/C13H8ClFINO2/c1-19-13(18)12-11(16)4-7(6-17-12)9-5-8(14)2-3-10(9)15/h2-6H,1H3. The van der Waals surface area contributed by atoms with Crippen molar-refractivity contribution < 1.29 is 13.9 Å². The van der Waals surface area contributed by atoms with Gasteiger partial charge in [-0.25, -0.2) is 14.2 Å². The summed E-state index contributed by atoms with van der Waals surface area (Å²) in [6.45, 7) is 0. The number of hydrogen-bond acceptors (Lipinski definition) is 3. The maximum Gasteiger partial charge on any atom is 0.357 e. The molecule has 0 N–H and O–H groups in total. The summed E-state index contributed by atoms with van der Waals surface area (Å²) in [5.74, 6) is -0.921. The molecule has 0 aliphatic carbocycles. The molecule has 1 heterocycles. The fraction of sp³-hybridized carbons (Fsp3) is 0.0769. The maximum atomic E-state index is 13.7. The zero-order valence-electron chi connectivity index (χ0n) is 9.78. The Balaban J connectivity index is 2.50. The van der Waals surface area contributed by atoms with Crippen molar-refractivity contribution in [3.8, 4) is 11.1 Å². The summed E-state index contributed by atoms with van der Waals surface area (Å²) in [5.41, 5.74) is 1.10. The van der Waals surface area contributed by atoms with Crippen molar-refractivity contribution in [1.29, 1.82) is 0 Å². The van der Waals surface area contributed by atoms with E-state index < -0.39 is 11.8 Å². The molecule has 0 unspecified atom stereocenters. The zero-order chi connectivity index (χ0) is 14.0. The first-order chi connectivity index (χ1) is 9.02. The smallest absolute Gasteiger partial charge is 0.357 e. The lowest BCUT2D eigenvalue weighted by Gasteiger charge is -2.07. The van der Waals surface area contributed by atoms with E-state index in [1.807, 2.05) is 22.6 Å². The quantitative estimate of drug-likeness (QED) is 0.575. The number of ether oxygens (including phenoxy) is 1. The molecule has 0 atom stereocenters. The minimum absolute atomic E-state index is 0.203. The van der Waals surface area contributed by atoms with Gasteiger partial charge in [0.25, 0.3) is 0 Å². The molecular formula is C13H8ClFINO2. The summed E-state index contributed by atoms with van der Waals surface area (Å²) < 4.78 is 18.9. The van der Waals surface area contributed by atoms with E-state index >= 15 is 0 Å². The van der Waals surface area contributed by atoms with Gasteiger partial charge in [0.2, 0.25) is 0 Å². The van der Waals surface area contributed by atoms with Crippen molar-refractivity contribution in [2.24, 2.45) is 0 Å². The van der Waals surface area contributed by atoms with E-state index in [1.165, 1.54) is 31.5 Å². The lowest BCUT2D eigenvalue weighted by Crippen LogP contribution is -2.06. The third-order valence-electron chi connectivity index (χ3n) is 2.46. The largest absolute Gasteiger partial charge is 0.464 e. The number of hydrogen-bond donors (Lipinski definition) is 0. The van der Waals surface area contributed by atoms with Gasteiger partial charge in [-0.3, -0.25) is 0 Å². The normalized spacial score (nSPS) is 10.3. The molecule has 2 aromatic rings. The van der Waals surface area contributed by atoms with Crippen LogP contribution < -0.4 is 0 Å². The highest BCUT2D eigenvalue weighted by atomic mass is 127. The second-order valence-electron chi connectivity index (χ2n) is 3.67. The Bertz CT molecular complexity index is 649. The number of esters is 1. The fourth-order valence-electron chi connectivity index (χ4n) is 1.55. The molecule has 2 rings (SSSR count). The predicted octanol–water partition coefficient (Wildman–Crippen LogP) is 3.93. The second kappa shape index (κ2) is 5.83. The molecule has 0 fully saturated rings. The molecule has 0 bridgehead atoms. The third-order valence-corrected chi connectivity index (χ3v) is 3.52. The Hall–Kier alpha value is -1.21. The van der Waals surface area contributed by atoms with Crippen LogP contribution in [0.2, 0.25) is 5.02 Å². The van der Waals surface area contributed by atoms with E-state index in [2.05, 4.69) is 9.72 Å². The van der Waals surface area contributed by atoms with Crippen LogP contribution in [0.15, 0.2) is 30.5 Å². The second-order valence-corrected chi connectivity index (χ2v) is 5.27. The Kier molecular flexibility index (Phi) is 4.36. The summed E-state index contributed by atoms with van der Waals surface area (Å²) in [7, 11) is 1.28. The van der Waals surface area contributed by atoms with E-state index in [0.29, 0.717) is 19.7 Å². The first-order valence-corrected chi connectivity index (χ1v) is 6.68. The highest BCUT2D eigenvalue weighted by Crippen LogP contribution is 2.27. The average Bonchev–Trinajstić information content (AvgIpc) is 2.40. The number of rotatable bonds is 2. The first-order valence-electron chi connectivity index (χ1n) is 5.22. The number of methoxy groups -OCH3 is 1. The van der Waals surface area contributed by atoms with Gasteiger partial charge in [-0.1, -0.05) is 11.6 Å². The van der Waals surface area contributed by atoms with Gasteiger partial charge in [-0.15, -0.1) is 0 Å². The van der Waals surface area contributed by atoms with Crippen LogP contribution >= 0.6 is 34.2 Å². The van der Waals surface area contributed by atoms with Gasteiger partial charge < -0.3 is 4.74 Å². The molecule has 0 amide bonds. The van der Waals surface area contributed by atoms with Crippen LogP contribution in [0.3, 0.4) is 0 Å². The molecule has 3 nitrogen and oxygen atoms in total. The molecule has 0 spiro atoms. The minimum atomic E-state index is -0.525. The van der Waals surface area contributed by atoms with Gasteiger partial charge in [0.1, 0.15) is 5.82 Å². The summed E-state index contributed by atoms with van der Waals surface area (Å²) in [5, 5.41) is 0.434. The summed E-state index contributed by atoms with van der Waals surface area (Å²) >= 11 is 7.80. The van der Waals surface area contributed by atoms with Gasteiger partial charge in [0.15, 0.2) is 5.69 Å². The van der Waals surface area contributed by atoms with E-state index in [0.717, 1.165) is 0 Å². The summed E-state index contributed by atoms with van der Waals surface area (Å²) in [4.78, 5) is 15.4. The molecule has 0 radical (unpaired) electrons. The van der Waals surface area contributed by atoms with Gasteiger partial charge in [0.05, 0.1) is 7.11 Å². The van der Waals surface area contributed by atoms with Gasteiger partial charge in [-0.2, -0.15) is 0 Å². The van der Waals surface area contributed by atoms with Crippen molar-refractivity contribution in [2.75, 3.05) is 7.11 Å². The van der Waals surface area contributed by atoms with Crippen LogP contribution in [0.5, 0.6) is 0 Å². The molecule has 1 aromatic heterocycles. The molecular weight excluding hydrogens is 384 g/mol. The van der Waals surface area contributed by atoms with Crippen molar-refractivity contribution in [2.45, 2.75) is 0 Å². The van der Waals surface area contributed by atoms with Crippen LogP contribution in [0.1, 0.15) is 10.5 Å². The van der Waals surface area contributed by atoms with Crippen LogP contribution in [0.25, 0.3) is 11.1 Å². The summed E-state index contributed by atoms with van der Waals surface area (Å²) in [6.07, 6.45) is 1.42. The number of benzene rings is 1. The molecule has 1 aromatic carbocycles. The van der Waals surface area contributed by atoms with E-state index in [1.54, 1.807) is 6.07 Å². The van der Waals surface area contributed by atoms with Crippen molar-refractivity contribution in [3.05, 3.63) is 50.6 Å². The number of carbonyl (C=O) groups is 1. The molecule has 0 saturated carbocycles. The van der Waals surface area contributed by atoms with Crippen LogP contribution in [0, 0.1) is 9.39 Å². The molecule has 0 saturated heterocycles. The van der Waals surface area contributed by atoms with Crippen LogP contribution in [0.4, 0.5) is 4.39 Å². The van der Waals surface area contributed by atoms with Gasteiger partial charge in [0, 0.05) is 25.9 Å². The average molecular weight is 392 g/mol. The van der Waals surface area contributed by atoms with Crippen molar-refractivity contribution >= 4 is 40.2 Å². The Morgan fingerprint density at radius 2 is 2.16 bits per heavy atom. The Morgan fingerprint density at radius 3 is 2.79 bits per heavy atom. The maximum absolute atomic E-state index is 13.7. The fourth-order valence-corrected chi connectivity index (χ4v) is 2.42. The van der Waals surface area contributed by atoms with E-state index in [4.69, 9.17) is 11.6 Å². The number of carbonyl (C=O) groups excluding carboxylic acids is 1. The van der Waals surface area contributed by atoms with Gasteiger partial charge in [-0.05, 0) is 46.9 Å². The number of aromatic nitrogens is 1. The minimum Gasteiger partial charge on any atom is -0.464 e. The summed E-state index contributed by atoms with van der Waals surface area (Å²) in [6, 6.07) is 5.94. The first kappa shape index (κ1) is 14.2. The van der Waals surface area contributed by atoms with E-state index in [-0.39, 0.29) is 5.69 Å². The van der Waals surface area contributed by atoms with E-state index in [9.17, 15) is 9.18 Å². The highest BCUT2D eigenvalue weighted by molar-refractivity contribution is 14.1. The SMILES string of the molecule is COC(=O)c1ncc(-c2cc(Cl)ccc2F)cc1I. The molecule has 98 valence electrons. The lowest BCUT2D eigenvalue weighted by molar-refractivity contribution is 0.0593. The Labute approximate surface area is 127 Å². The van der Waals surface area contributed by atoms with Crippen molar-refractivity contribution in [3.63, 3.8) is 0 Å². The predicted molar refractivity (Wildman–Crippen MR) is 78.7 cm³/mol. The highest BCUT2D eigenvalue weighted by Gasteiger charge is 2.14. The van der Waals surface area contributed by atoms with Crippen LogP contribution in [-0.4, -0.2) is 18.1 Å².